The quantitative estimate of drug-likeness (QED) is 0.648. The van der Waals surface area contributed by atoms with Gasteiger partial charge in [-0.2, -0.15) is 5.10 Å². The highest BCUT2D eigenvalue weighted by Gasteiger charge is 2.31. The van der Waals surface area contributed by atoms with Crippen molar-refractivity contribution in [1.29, 1.82) is 0 Å². The highest BCUT2D eigenvalue weighted by Crippen LogP contribution is 2.36. The van der Waals surface area contributed by atoms with Crippen LogP contribution in [0.1, 0.15) is 51.1 Å². The van der Waals surface area contributed by atoms with Gasteiger partial charge in [0.25, 0.3) is 0 Å². The van der Waals surface area contributed by atoms with Crippen molar-refractivity contribution in [3.05, 3.63) is 42.4 Å². The van der Waals surface area contributed by atoms with E-state index in [2.05, 4.69) is 15.4 Å². The number of ether oxygens (including phenoxy) is 1. The van der Waals surface area contributed by atoms with E-state index < -0.39 is 5.60 Å². The Labute approximate surface area is 181 Å². The third-order valence-corrected chi connectivity index (χ3v) is 6.28. The van der Waals surface area contributed by atoms with E-state index in [1.165, 1.54) is 0 Å². The van der Waals surface area contributed by atoms with Crippen LogP contribution in [-0.4, -0.2) is 37.3 Å². The zero-order valence-electron chi connectivity index (χ0n) is 18.0. The number of carbonyl (C=O) groups is 1. The van der Waals surface area contributed by atoms with E-state index in [9.17, 15) is 9.90 Å². The van der Waals surface area contributed by atoms with Crippen molar-refractivity contribution >= 4 is 17.2 Å². The van der Waals surface area contributed by atoms with Crippen LogP contribution < -0.4 is 10.1 Å². The molecule has 2 aliphatic carbocycles. The number of rotatable bonds is 5. The second-order valence-electron chi connectivity index (χ2n) is 9.21. The van der Waals surface area contributed by atoms with Crippen LogP contribution in [-0.2, 0) is 4.79 Å². The number of carbonyl (C=O) groups excluding carboxylic acids is 1. The van der Waals surface area contributed by atoms with Crippen LogP contribution in [0.4, 0.5) is 5.82 Å². The Kier molecular flexibility index (Phi) is 4.93. The molecule has 0 radical (unpaired) electrons. The van der Waals surface area contributed by atoms with E-state index in [0.717, 1.165) is 66.6 Å². The fourth-order valence-corrected chi connectivity index (χ4v) is 4.17. The summed E-state index contributed by atoms with van der Waals surface area (Å²) >= 11 is 0. The number of pyridine rings is 2. The van der Waals surface area contributed by atoms with E-state index in [4.69, 9.17) is 4.74 Å². The number of aryl methyl sites for hydroxylation is 1. The van der Waals surface area contributed by atoms with Gasteiger partial charge >= 0.3 is 0 Å². The molecule has 2 fully saturated rings. The fraction of sp³-hybridized carbons (Fsp3) is 0.458. The molecule has 0 saturated heterocycles. The average molecular weight is 421 g/mol. The number of amides is 1. The van der Waals surface area contributed by atoms with Gasteiger partial charge in [0.1, 0.15) is 5.75 Å². The van der Waals surface area contributed by atoms with Crippen LogP contribution in [0.2, 0.25) is 0 Å². The van der Waals surface area contributed by atoms with Crippen LogP contribution >= 0.6 is 0 Å². The van der Waals surface area contributed by atoms with Crippen molar-refractivity contribution in [2.45, 2.75) is 64.1 Å². The molecular formula is C24H28N4O3. The first-order valence-electron chi connectivity index (χ1n) is 11.0. The summed E-state index contributed by atoms with van der Waals surface area (Å²) in [5.74, 6) is 1.52. The Hall–Kier alpha value is -2.93. The largest absolute Gasteiger partial charge is 0.488 e. The first-order valence-corrected chi connectivity index (χ1v) is 11.0. The van der Waals surface area contributed by atoms with Crippen LogP contribution in [0.3, 0.4) is 0 Å². The Balaban J connectivity index is 1.40. The van der Waals surface area contributed by atoms with Crippen LogP contribution in [0.15, 0.2) is 36.7 Å². The summed E-state index contributed by atoms with van der Waals surface area (Å²) in [7, 11) is 0. The minimum atomic E-state index is -0.589. The number of aromatic nitrogens is 3. The van der Waals surface area contributed by atoms with Crippen molar-refractivity contribution < 1.29 is 14.6 Å². The van der Waals surface area contributed by atoms with Gasteiger partial charge in [-0.05, 0) is 76.1 Å². The van der Waals surface area contributed by atoms with Gasteiger partial charge < -0.3 is 15.2 Å². The predicted octanol–water partition coefficient (Wildman–Crippen LogP) is 4.13. The summed E-state index contributed by atoms with van der Waals surface area (Å²) in [6.07, 6.45) is 8.82. The lowest BCUT2D eigenvalue weighted by Gasteiger charge is -2.33. The number of aliphatic hydroxyl groups is 1. The molecule has 2 N–H and O–H groups in total. The highest BCUT2D eigenvalue weighted by molar-refractivity contribution is 5.93. The van der Waals surface area contributed by atoms with Gasteiger partial charge in [-0.3, -0.25) is 9.78 Å². The van der Waals surface area contributed by atoms with Gasteiger partial charge in [0.05, 0.1) is 23.4 Å². The molecule has 2 saturated carbocycles. The molecule has 0 atom stereocenters. The summed E-state index contributed by atoms with van der Waals surface area (Å²) in [5, 5.41) is 17.6. The molecule has 0 bridgehead atoms. The molecule has 0 spiro atoms. The van der Waals surface area contributed by atoms with Gasteiger partial charge in [-0.25, -0.2) is 4.52 Å². The van der Waals surface area contributed by atoms with Gasteiger partial charge in [0.2, 0.25) is 5.91 Å². The summed E-state index contributed by atoms with van der Waals surface area (Å²) < 4.78 is 8.11. The first kappa shape index (κ1) is 20.0. The summed E-state index contributed by atoms with van der Waals surface area (Å²) in [6, 6.07) is 7.97. The van der Waals surface area contributed by atoms with Crippen LogP contribution in [0, 0.1) is 12.8 Å². The van der Waals surface area contributed by atoms with Crippen molar-refractivity contribution in [3.8, 4) is 16.9 Å². The Morgan fingerprint density at radius 2 is 2.00 bits per heavy atom. The van der Waals surface area contributed by atoms with Gasteiger partial charge in [0, 0.05) is 29.4 Å². The van der Waals surface area contributed by atoms with E-state index in [1.807, 2.05) is 44.3 Å². The first-order chi connectivity index (χ1) is 14.9. The maximum atomic E-state index is 12.1. The Morgan fingerprint density at radius 1 is 1.23 bits per heavy atom. The monoisotopic (exact) mass is 420 g/mol. The molecule has 7 heteroatoms. The van der Waals surface area contributed by atoms with Gasteiger partial charge in [0.15, 0.2) is 5.82 Å². The fourth-order valence-electron chi connectivity index (χ4n) is 4.17. The van der Waals surface area contributed by atoms with Gasteiger partial charge in [-0.15, -0.1) is 0 Å². The third kappa shape index (κ3) is 4.42. The van der Waals surface area contributed by atoms with Crippen molar-refractivity contribution in [1.82, 2.24) is 14.6 Å². The lowest BCUT2D eigenvalue weighted by molar-refractivity contribution is -0.117. The maximum Gasteiger partial charge on any atom is 0.228 e. The normalized spacial score (nSPS) is 23.6. The molecule has 0 unspecified atom stereocenters. The second kappa shape index (κ2) is 7.64. The summed E-state index contributed by atoms with van der Waals surface area (Å²) in [5.41, 5.74) is 3.22. The zero-order valence-corrected chi connectivity index (χ0v) is 18.0. The molecule has 162 valence electrons. The molecule has 2 aliphatic rings. The Morgan fingerprint density at radius 3 is 2.74 bits per heavy atom. The van der Waals surface area contributed by atoms with E-state index in [-0.39, 0.29) is 17.9 Å². The molecule has 1 amide bonds. The van der Waals surface area contributed by atoms with Crippen molar-refractivity contribution in [2.75, 3.05) is 5.32 Å². The minimum absolute atomic E-state index is 0.0514. The lowest BCUT2D eigenvalue weighted by atomic mass is 9.85. The maximum absolute atomic E-state index is 12.1. The van der Waals surface area contributed by atoms with Crippen molar-refractivity contribution in [2.24, 2.45) is 5.92 Å². The highest BCUT2D eigenvalue weighted by atomic mass is 16.5. The minimum Gasteiger partial charge on any atom is -0.488 e. The predicted molar refractivity (Wildman–Crippen MR) is 118 cm³/mol. The number of hydrogen-bond donors (Lipinski definition) is 2. The molecule has 7 nitrogen and oxygen atoms in total. The number of nitrogens with zero attached hydrogens (tertiary/aromatic N) is 3. The van der Waals surface area contributed by atoms with E-state index in [0.29, 0.717) is 5.82 Å². The van der Waals surface area contributed by atoms with E-state index in [1.54, 1.807) is 10.7 Å². The molecule has 5 rings (SSSR count). The molecule has 3 heterocycles. The molecule has 0 aliphatic heterocycles. The summed E-state index contributed by atoms with van der Waals surface area (Å²) in [6.45, 7) is 3.86. The average Bonchev–Trinajstić information content (AvgIpc) is 3.51. The molecule has 3 aromatic heterocycles. The molecule has 0 aromatic carbocycles. The van der Waals surface area contributed by atoms with E-state index >= 15 is 0 Å². The summed E-state index contributed by atoms with van der Waals surface area (Å²) in [4.78, 5) is 16.5. The lowest BCUT2D eigenvalue weighted by Crippen LogP contribution is -2.34. The number of nitrogens with one attached hydrogen (secondary N) is 1. The second-order valence-corrected chi connectivity index (χ2v) is 9.21. The molecular weight excluding hydrogens is 392 g/mol. The Bertz CT molecular complexity index is 1120. The van der Waals surface area contributed by atoms with Crippen LogP contribution in [0.25, 0.3) is 16.6 Å². The topological polar surface area (TPSA) is 88.8 Å². The standard InChI is InChI=1S/C24H28N4O3/c1-15-11-20(21(14-25-15)31-19-5-8-24(2,30)9-6-19)17-7-10-28-18(12-17)13-22(27-28)26-23(29)16-3-4-16/h7,10-14,16,19,30H,3-6,8-9H2,1-2H3,(H,26,27,29). The number of fused-ring (bicyclic) bond motifs is 1. The third-order valence-electron chi connectivity index (χ3n) is 6.28. The number of hydrogen-bond acceptors (Lipinski definition) is 5. The smallest absolute Gasteiger partial charge is 0.228 e. The zero-order chi connectivity index (χ0) is 21.6. The number of anilines is 1. The van der Waals surface area contributed by atoms with Crippen molar-refractivity contribution in [3.63, 3.8) is 0 Å². The SMILES string of the molecule is Cc1cc(-c2ccn3nc(NC(=O)C4CC4)cc3c2)c(OC2CCC(C)(O)CC2)cn1. The van der Waals surface area contributed by atoms with Crippen LogP contribution in [0.5, 0.6) is 5.75 Å². The molecule has 31 heavy (non-hydrogen) atoms. The molecule has 3 aromatic rings. The van der Waals surface area contributed by atoms with Gasteiger partial charge in [-0.1, -0.05) is 0 Å².